The summed E-state index contributed by atoms with van der Waals surface area (Å²) in [5.74, 6) is -1.49. The molecule has 0 aromatic heterocycles. The molecule has 0 bridgehead atoms. The first-order valence-electron chi connectivity index (χ1n) is 13.7. The van der Waals surface area contributed by atoms with Crippen molar-refractivity contribution in [2.45, 2.75) is 25.9 Å². The highest BCUT2D eigenvalue weighted by Crippen LogP contribution is 2.32. The maximum absolute atomic E-state index is 15.0. The normalized spacial score (nSPS) is 12.7. The third-order valence-corrected chi connectivity index (χ3v) is 7.70. The van der Waals surface area contributed by atoms with Crippen LogP contribution in [0.4, 0.5) is 10.1 Å². The van der Waals surface area contributed by atoms with Crippen molar-refractivity contribution in [1.29, 1.82) is 0 Å². The summed E-state index contributed by atoms with van der Waals surface area (Å²) < 4.78 is 15.0. The summed E-state index contributed by atoms with van der Waals surface area (Å²) in [5, 5.41) is 14.9. The van der Waals surface area contributed by atoms with Gasteiger partial charge in [0.2, 0.25) is 0 Å². The van der Waals surface area contributed by atoms with Crippen LogP contribution in [0.2, 0.25) is 0 Å². The highest BCUT2D eigenvalue weighted by atomic mass is 19.1. The maximum Gasteiger partial charge on any atom is 0.336 e. The van der Waals surface area contributed by atoms with Crippen LogP contribution in [0.3, 0.4) is 0 Å². The number of nitrogens with zero attached hydrogens (tertiary/aromatic N) is 1. The number of nitrogens with one attached hydrogen (secondary N) is 1. The molecule has 41 heavy (non-hydrogen) atoms. The molecule has 2 N–H and O–H groups in total. The van der Waals surface area contributed by atoms with Crippen LogP contribution >= 0.6 is 0 Å². The molecule has 0 radical (unpaired) electrons. The van der Waals surface area contributed by atoms with Crippen molar-refractivity contribution in [2.75, 3.05) is 11.4 Å². The Kier molecular flexibility index (Phi) is 7.21. The maximum atomic E-state index is 15.0. The van der Waals surface area contributed by atoms with Gasteiger partial charge in [0.25, 0.3) is 5.91 Å². The van der Waals surface area contributed by atoms with Gasteiger partial charge in [-0.05, 0) is 88.3 Å². The number of carbonyl (C=O) groups excluding carboxylic acids is 1. The number of carboxylic acid groups (broad SMARTS) is 1. The Morgan fingerprint density at radius 1 is 0.854 bits per heavy atom. The van der Waals surface area contributed by atoms with Crippen molar-refractivity contribution in [2.24, 2.45) is 0 Å². The lowest BCUT2D eigenvalue weighted by molar-refractivity contribution is 0.0697. The molecule has 6 rings (SSSR count). The van der Waals surface area contributed by atoms with Gasteiger partial charge in [0.05, 0.1) is 5.56 Å². The van der Waals surface area contributed by atoms with Crippen LogP contribution in [0.25, 0.3) is 21.9 Å². The van der Waals surface area contributed by atoms with Gasteiger partial charge in [-0.2, -0.15) is 0 Å². The lowest BCUT2D eigenvalue weighted by Gasteiger charge is -2.32. The van der Waals surface area contributed by atoms with Gasteiger partial charge < -0.3 is 15.3 Å². The van der Waals surface area contributed by atoms with Gasteiger partial charge >= 0.3 is 5.97 Å². The van der Waals surface area contributed by atoms with Crippen molar-refractivity contribution in [3.8, 4) is 11.1 Å². The predicted molar refractivity (Wildman–Crippen MR) is 160 cm³/mol. The second kappa shape index (κ2) is 11.3. The van der Waals surface area contributed by atoms with Gasteiger partial charge in [-0.25, -0.2) is 9.18 Å². The Morgan fingerprint density at radius 2 is 1.66 bits per heavy atom. The number of hydrogen-bond donors (Lipinski definition) is 2. The van der Waals surface area contributed by atoms with E-state index in [1.165, 1.54) is 11.5 Å². The SMILES string of the molecule is O=C(NCc1ccc2ccccc2c1)c1ccc2c(c1)CCCN2Cc1cc(-c2ccccc2C(=O)O)ccc1F. The van der Waals surface area contributed by atoms with Crippen LogP contribution in [0.1, 0.15) is 43.8 Å². The molecular formula is C35H29FN2O3. The second-order valence-electron chi connectivity index (χ2n) is 10.4. The fraction of sp³-hybridized carbons (Fsp3) is 0.143. The molecule has 0 saturated heterocycles. The number of amides is 1. The van der Waals surface area contributed by atoms with Crippen molar-refractivity contribution in [3.63, 3.8) is 0 Å². The molecule has 1 heterocycles. The predicted octanol–water partition coefficient (Wildman–Crippen LogP) is 7.23. The van der Waals surface area contributed by atoms with Gasteiger partial charge in [-0.1, -0.05) is 60.7 Å². The molecule has 5 nitrogen and oxygen atoms in total. The molecule has 0 aliphatic carbocycles. The van der Waals surface area contributed by atoms with E-state index < -0.39 is 5.97 Å². The van der Waals surface area contributed by atoms with Gasteiger partial charge in [-0.3, -0.25) is 4.79 Å². The molecule has 1 amide bonds. The first-order valence-corrected chi connectivity index (χ1v) is 13.7. The summed E-state index contributed by atoms with van der Waals surface area (Å²) >= 11 is 0. The fourth-order valence-corrected chi connectivity index (χ4v) is 5.60. The molecule has 0 saturated carbocycles. The number of rotatable bonds is 7. The van der Waals surface area contributed by atoms with E-state index in [-0.39, 0.29) is 17.3 Å². The number of fused-ring (bicyclic) bond motifs is 2. The molecule has 0 spiro atoms. The van der Waals surface area contributed by atoms with E-state index in [0.29, 0.717) is 35.3 Å². The summed E-state index contributed by atoms with van der Waals surface area (Å²) in [4.78, 5) is 26.9. The monoisotopic (exact) mass is 544 g/mol. The first-order chi connectivity index (χ1) is 20.0. The molecule has 1 aliphatic heterocycles. The van der Waals surface area contributed by atoms with E-state index in [9.17, 15) is 19.1 Å². The van der Waals surface area contributed by atoms with Gasteiger partial charge in [0, 0.05) is 36.4 Å². The summed E-state index contributed by atoms with van der Waals surface area (Å²) in [6, 6.07) is 31.5. The molecule has 0 atom stereocenters. The Bertz CT molecular complexity index is 1780. The lowest BCUT2D eigenvalue weighted by atomic mass is 9.96. The van der Waals surface area contributed by atoms with E-state index in [1.54, 1.807) is 36.4 Å². The smallest absolute Gasteiger partial charge is 0.336 e. The van der Waals surface area contributed by atoms with E-state index in [0.717, 1.165) is 41.6 Å². The molecule has 204 valence electrons. The van der Waals surface area contributed by atoms with Crippen molar-refractivity contribution >= 4 is 28.3 Å². The van der Waals surface area contributed by atoms with Gasteiger partial charge in [-0.15, -0.1) is 0 Å². The van der Waals surface area contributed by atoms with Crippen LogP contribution in [0.5, 0.6) is 0 Å². The number of carboxylic acids is 1. The quantitative estimate of drug-likeness (QED) is 0.227. The van der Waals surface area contributed by atoms with E-state index in [4.69, 9.17) is 0 Å². The zero-order valence-corrected chi connectivity index (χ0v) is 22.4. The minimum atomic E-state index is -1.02. The third-order valence-electron chi connectivity index (χ3n) is 7.70. The molecule has 6 heteroatoms. The Balaban J connectivity index is 1.19. The number of benzene rings is 5. The third kappa shape index (κ3) is 5.54. The van der Waals surface area contributed by atoms with Gasteiger partial charge in [0.15, 0.2) is 0 Å². The molecule has 5 aromatic rings. The topological polar surface area (TPSA) is 69.6 Å². The molecule has 0 fully saturated rings. The van der Waals surface area contributed by atoms with Crippen molar-refractivity contribution < 1.29 is 19.1 Å². The average molecular weight is 545 g/mol. The molecular weight excluding hydrogens is 515 g/mol. The summed E-state index contributed by atoms with van der Waals surface area (Å²) in [5.41, 5.74) is 5.57. The van der Waals surface area contributed by atoms with E-state index in [2.05, 4.69) is 34.5 Å². The average Bonchev–Trinajstić information content (AvgIpc) is 3.00. The van der Waals surface area contributed by atoms with Gasteiger partial charge in [0.1, 0.15) is 5.82 Å². The highest BCUT2D eigenvalue weighted by Gasteiger charge is 2.21. The van der Waals surface area contributed by atoms with Crippen LogP contribution in [-0.4, -0.2) is 23.5 Å². The lowest BCUT2D eigenvalue weighted by Crippen LogP contribution is -2.30. The summed E-state index contributed by atoms with van der Waals surface area (Å²) in [6.07, 6.45) is 1.73. The Hall–Kier alpha value is -4.97. The standard InChI is InChI=1S/C35H29FN2O3/c36-32-15-13-26(30-9-3-4-10-31(30)35(40)41)19-29(32)22-38-17-5-8-27-20-28(14-16-33(27)38)34(39)37-21-23-11-12-24-6-1-2-7-25(24)18-23/h1-4,6-7,9-16,18-20H,5,8,17,21-22H2,(H,37,39)(H,40,41). The number of carbonyl (C=O) groups is 2. The van der Waals surface area contributed by atoms with Crippen LogP contribution in [-0.2, 0) is 19.5 Å². The second-order valence-corrected chi connectivity index (χ2v) is 10.4. The fourth-order valence-electron chi connectivity index (χ4n) is 5.60. The number of anilines is 1. The highest BCUT2D eigenvalue weighted by molar-refractivity contribution is 5.96. The number of halogens is 1. The van der Waals surface area contributed by atoms with Crippen LogP contribution in [0.15, 0.2) is 103 Å². The summed E-state index contributed by atoms with van der Waals surface area (Å²) in [6.45, 7) is 1.54. The zero-order valence-electron chi connectivity index (χ0n) is 22.4. The zero-order chi connectivity index (χ0) is 28.3. The Labute approximate surface area is 237 Å². The molecule has 0 unspecified atom stereocenters. The number of hydrogen-bond acceptors (Lipinski definition) is 3. The largest absolute Gasteiger partial charge is 0.478 e. The summed E-state index contributed by atoms with van der Waals surface area (Å²) in [7, 11) is 0. The number of aromatic carboxylic acids is 1. The number of aryl methyl sites for hydroxylation is 1. The van der Waals surface area contributed by atoms with Crippen molar-refractivity contribution in [1.82, 2.24) is 5.32 Å². The van der Waals surface area contributed by atoms with Crippen molar-refractivity contribution in [3.05, 3.63) is 137 Å². The van der Waals surface area contributed by atoms with Crippen LogP contribution in [0, 0.1) is 5.82 Å². The van der Waals surface area contributed by atoms with Crippen LogP contribution < -0.4 is 10.2 Å². The molecule has 5 aromatic carbocycles. The minimum absolute atomic E-state index is 0.131. The minimum Gasteiger partial charge on any atom is -0.478 e. The van der Waals surface area contributed by atoms with E-state index in [1.807, 2.05) is 36.4 Å². The first kappa shape index (κ1) is 26.3. The Morgan fingerprint density at radius 3 is 2.51 bits per heavy atom. The molecule has 1 aliphatic rings. The van der Waals surface area contributed by atoms with E-state index >= 15 is 0 Å².